The highest BCUT2D eigenvalue weighted by atomic mass is 19.1. The summed E-state index contributed by atoms with van der Waals surface area (Å²) in [6.07, 6.45) is 0.734. The molecule has 5 heteroatoms. The largest absolute Gasteiger partial charge is 0.494 e. The van der Waals surface area contributed by atoms with E-state index in [1.807, 2.05) is 0 Å². The lowest BCUT2D eigenvalue weighted by molar-refractivity contribution is -0.123. The molecule has 20 heavy (non-hydrogen) atoms. The number of ether oxygens (including phenoxy) is 1. The van der Waals surface area contributed by atoms with Crippen LogP contribution in [0.3, 0.4) is 0 Å². The summed E-state index contributed by atoms with van der Waals surface area (Å²) in [4.78, 5) is 11.8. The van der Waals surface area contributed by atoms with E-state index in [0.717, 1.165) is 12.0 Å². The zero-order valence-corrected chi connectivity index (χ0v) is 12.5. The Balaban J connectivity index is 2.67. The molecule has 0 spiro atoms. The molecule has 1 atom stereocenters. The lowest BCUT2D eigenvalue weighted by Gasteiger charge is -2.19. The van der Waals surface area contributed by atoms with E-state index in [1.54, 1.807) is 19.2 Å². The van der Waals surface area contributed by atoms with Gasteiger partial charge in [-0.1, -0.05) is 19.9 Å². The van der Waals surface area contributed by atoms with Crippen molar-refractivity contribution in [2.24, 2.45) is 5.92 Å². The fourth-order valence-electron chi connectivity index (χ4n) is 1.99. The van der Waals surface area contributed by atoms with Crippen molar-refractivity contribution in [3.63, 3.8) is 0 Å². The van der Waals surface area contributed by atoms with Crippen LogP contribution in [0.15, 0.2) is 18.2 Å². The summed E-state index contributed by atoms with van der Waals surface area (Å²) in [7, 11) is 3.05. The second kappa shape index (κ2) is 7.85. The summed E-state index contributed by atoms with van der Waals surface area (Å²) in [5.74, 6) is 0.177. The number of likely N-dealkylation sites (N-methyl/N-ethyl adjacent to an activating group) is 1. The van der Waals surface area contributed by atoms with E-state index in [4.69, 9.17) is 4.74 Å². The van der Waals surface area contributed by atoms with Crippen molar-refractivity contribution in [3.05, 3.63) is 29.6 Å². The number of amides is 1. The molecule has 1 rings (SSSR count). The van der Waals surface area contributed by atoms with Crippen molar-refractivity contribution in [2.75, 3.05) is 14.2 Å². The minimum atomic E-state index is -0.396. The first-order valence-electron chi connectivity index (χ1n) is 6.75. The zero-order chi connectivity index (χ0) is 15.1. The standard InChI is InChI=1S/C15H23FN2O2/c1-10(2)7-13(15(19)17-3)18-9-11-5-6-14(20-4)12(16)8-11/h5-6,8,10,13,18H,7,9H2,1-4H3,(H,17,19). The Morgan fingerprint density at radius 2 is 2.10 bits per heavy atom. The molecular formula is C15H23FN2O2. The molecule has 0 aliphatic rings. The third-order valence-corrected chi connectivity index (χ3v) is 3.04. The van der Waals surface area contributed by atoms with E-state index >= 15 is 0 Å². The number of methoxy groups -OCH3 is 1. The zero-order valence-electron chi connectivity index (χ0n) is 12.5. The van der Waals surface area contributed by atoms with Gasteiger partial charge in [0.25, 0.3) is 0 Å². The molecule has 1 amide bonds. The van der Waals surface area contributed by atoms with Crippen molar-refractivity contribution in [1.82, 2.24) is 10.6 Å². The Morgan fingerprint density at radius 1 is 1.40 bits per heavy atom. The SMILES string of the molecule is CNC(=O)C(CC(C)C)NCc1ccc(OC)c(F)c1. The number of carbonyl (C=O) groups excluding carboxylic acids is 1. The highest BCUT2D eigenvalue weighted by Gasteiger charge is 2.18. The van der Waals surface area contributed by atoms with Gasteiger partial charge in [0, 0.05) is 13.6 Å². The molecule has 0 saturated carbocycles. The quantitative estimate of drug-likeness (QED) is 0.805. The molecule has 1 aromatic rings. The Bertz CT molecular complexity index is 449. The number of halogens is 1. The summed E-state index contributed by atoms with van der Waals surface area (Å²) in [6, 6.07) is 4.52. The molecule has 2 N–H and O–H groups in total. The molecule has 0 heterocycles. The predicted octanol–water partition coefficient (Wildman–Crippen LogP) is 2.08. The average Bonchev–Trinajstić information content (AvgIpc) is 2.42. The van der Waals surface area contributed by atoms with Gasteiger partial charge in [-0.2, -0.15) is 0 Å². The molecule has 0 fully saturated rings. The van der Waals surface area contributed by atoms with Crippen molar-refractivity contribution in [3.8, 4) is 5.75 Å². The maximum atomic E-state index is 13.6. The molecule has 112 valence electrons. The molecule has 0 aliphatic heterocycles. The van der Waals surface area contributed by atoms with Crippen LogP contribution >= 0.6 is 0 Å². The molecule has 0 saturated heterocycles. The summed E-state index contributed by atoms with van der Waals surface area (Å²) in [5, 5.41) is 5.80. The lowest BCUT2D eigenvalue weighted by atomic mass is 10.0. The first-order valence-corrected chi connectivity index (χ1v) is 6.75. The van der Waals surface area contributed by atoms with Gasteiger partial charge in [0.15, 0.2) is 11.6 Å². The van der Waals surface area contributed by atoms with Gasteiger partial charge in [-0.3, -0.25) is 4.79 Å². The first kappa shape index (κ1) is 16.4. The van der Waals surface area contributed by atoms with Crippen LogP contribution in [0.5, 0.6) is 5.75 Å². The average molecular weight is 282 g/mol. The van der Waals surface area contributed by atoms with E-state index in [0.29, 0.717) is 12.5 Å². The van der Waals surface area contributed by atoms with Gasteiger partial charge in [0.1, 0.15) is 0 Å². The van der Waals surface area contributed by atoms with Crippen molar-refractivity contribution in [1.29, 1.82) is 0 Å². The Kier molecular flexibility index (Phi) is 6.45. The summed E-state index contributed by atoms with van der Waals surface area (Å²) in [6.45, 7) is 4.56. The second-order valence-corrected chi connectivity index (χ2v) is 5.15. The van der Waals surface area contributed by atoms with Gasteiger partial charge in [0.05, 0.1) is 13.2 Å². The number of hydrogen-bond acceptors (Lipinski definition) is 3. The number of hydrogen-bond donors (Lipinski definition) is 2. The summed E-state index contributed by atoms with van der Waals surface area (Å²) in [5.41, 5.74) is 0.779. The van der Waals surface area contributed by atoms with Gasteiger partial charge in [-0.05, 0) is 30.0 Å². The van der Waals surface area contributed by atoms with Gasteiger partial charge in [0.2, 0.25) is 5.91 Å². The monoisotopic (exact) mass is 282 g/mol. The fourth-order valence-corrected chi connectivity index (χ4v) is 1.99. The highest BCUT2D eigenvalue weighted by Crippen LogP contribution is 2.17. The summed E-state index contributed by atoms with van der Waals surface area (Å²) < 4.78 is 18.5. The minimum Gasteiger partial charge on any atom is -0.494 e. The van der Waals surface area contributed by atoms with E-state index in [2.05, 4.69) is 24.5 Å². The van der Waals surface area contributed by atoms with Crippen LogP contribution < -0.4 is 15.4 Å². The Labute approximate surface area is 119 Å². The van der Waals surface area contributed by atoms with E-state index < -0.39 is 5.82 Å². The maximum absolute atomic E-state index is 13.6. The molecule has 1 unspecified atom stereocenters. The van der Waals surface area contributed by atoms with E-state index in [1.165, 1.54) is 13.2 Å². The molecular weight excluding hydrogens is 259 g/mol. The third-order valence-electron chi connectivity index (χ3n) is 3.04. The van der Waals surface area contributed by atoms with Crippen LogP contribution in [0.25, 0.3) is 0 Å². The molecule has 4 nitrogen and oxygen atoms in total. The first-order chi connectivity index (χ1) is 9.47. The topological polar surface area (TPSA) is 50.4 Å². The van der Waals surface area contributed by atoms with Crippen LogP contribution in [0.1, 0.15) is 25.8 Å². The predicted molar refractivity (Wildman–Crippen MR) is 77.1 cm³/mol. The normalized spacial score (nSPS) is 12.3. The highest BCUT2D eigenvalue weighted by molar-refractivity contribution is 5.81. The Hall–Kier alpha value is -1.62. The van der Waals surface area contributed by atoms with Crippen LogP contribution in [-0.4, -0.2) is 26.1 Å². The number of nitrogens with one attached hydrogen (secondary N) is 2. The van der Waals surface area contributed by atoms with Crippen LogP contribution in [-0.2, 0) is 11.3 Å². The molecule has 0 aromatic heterocycles. The maximum Gasteiger partial charge on any atom is 0.236 e. The van der Waals surface area contributed by atoms with Crippen LogP contribution in [0.4, 0.5) is 4.39 Å². The third kappa shape index (κ3) is 4.81. The molecule has 1 aromatic carbocycles. The van der Waals surface area contributed by atoms with Gasteiger partial charge >= 0.3 is 0 Å². The van der Waals surface area contributed by atoms with E-state index in [-0.39, 0.29) is 17.7 Å². The van der Waals surface area contributed by atoms with Crippen LogP contribution in [0, 0.1) is 11.7 Å². The number of benzene rings is 1. The van der Waals surface area contributed by atoms with Crippen LogP contribution in [0.2, 0.25) is 0 Å². The minimum absolute atomic E-state index is 0.0484. The van der Waals surface area contributed by atoms with Gasteiger partial charge < -0.3 is 15.4 Å². The van der Waals surface area contributed by atoms with Crippen molar-refractivity contribution < 1.29 is 13.9 Å². The number of carbonyl (C=O) groups is 1. The lowest BCUT2D eigenvalue weighted by Crippen LogP contribution is -2.43. The second-order valence-electron chi connectivity index (χ2n) is 5.15. The summed E-state index contributed by atoms with van der Waals surface area (Å²) >= 11 is 0. The fraction of sp³-hybridized carbons (Fsp3) is 0.533. The number of rotatable bonds is 7. The van der Waals surface area contributed by atoms with Crippen molar-refractivity contribution >= 4 is 5.91 Å². The smallest absolute Gasteiger partial charge is 0.236 e. The molecule has 0 radical (unpaired) electrons. The van der Waals surface area contributed by atoms with Gasteiger partial charge in [-0.25, -0.2) is 4.39 Å². The van der Waals surface area contributed by atoms with Crippen molar-refractivity contribution in [2.45, 2.75) is 32.9 Å². The molecule has 0 aliphatic carbocycles. The van der Waals surface area contributed by atoms with Gasteiger partial charge in [-0.15, -0.1) is 0 Å². The molecule has 0 bridgehead atoms. The van der Waals surface area contributed by atoms with E-state index in [9.17, 15) is 9.18 Å². The Morgan fingerprint density at radius 3 is 2.60 bits per heavy atom.